The minimum atomic E-state index is 0.500. The van der Waals surface area contributed by atoms with Crippen LogP contribution in [-0.2, 0) is 0 Å². The summed E-state index contributed by atoms with van der Waals surface area (Å²) in [7, 11) is 0. The molecule has 1 aromatic heterocycles. The van der Waals surface area contributed by atoms with Gasteiger partial charge in [0.25, 0.3) is 0 Å². The summed E-state index contributed by atoms with van der Waals surface area (Å²) in [4.78, 5) is 4.26. The molecule has 14 heavy (non-hydrogen) atoms. The second-order valence-corrected chi connectivity index (χ2v) is 3.72. The van der Waals surface area contributed by atoms with Crippen LogP contribution in [0.2, 0.25) is 0 Å². The number of aromatic nitrogens is 1. The van der Waals surface area contributed by atoms with Gasteiger partial charge < -0.3 is 5.32 Å². The molecule has 78 valence electrons. The fourth-order valence-corrected chi connectivity index (χ4v) is 1.80. The van der Waals surface area contributed by atoms with Gasteiger partial charge in [-0.1, -0.05) is 32.8 Å². The predicted octanol–water partition coefficient (Wildman–Crippen LogP) is 3.32. The summed E-state index contributed by atoms with van der Waals surface area (Å²) in [5.74, 6) is 1.71. The molecule has 0 aliphatic heterocycles. The Balaban J connectivity index is 2.52. The molecule has 0 radical (unpaired) electrons. The van der Waals surface area contributed by atoms with Gasteiger partial charge in [0.05, 0.1) is 0 Å². The second-order valence-electron chi connectivity index (χ2n) is 3.72. The van der Waals surface area contributed by atoms with Crippen molar-refractivity contribution in [3.05, 3.63) is 24.4 Å². The number of hydrogen-bond acceptors (Lipinski definition) is 2. The average Bonchev–Trinajstić information content (AvgIpc) is 2.21. The monoisotopic (exact) mass is 192 g/mol. The molecule has 1 aromatic rings. The van der Waals surface area contributed by atoms with Crippen molar-refractivity contribution in [3.8, 4) is 0 Å². The van der Waals surface area contributed by atoms with Crippen LogP contribution in [0.1, 0.15) is 33.6 Å². The topological polar surface area (TPSA) is 24.9 Å². The third-order valence-electron chi connectivity index (χ3n) is 2.80. The van der Waals surface area contributed by atoms with E-state index in [1.54, 1.807) is 0 Å². The minimum absolute atomic E-state index is 0.500. The number of nitrogens with zero attached hydrogens (tertiary/aromatic N) is 1. The van der Waals surface area contributed by atoms with Gasteiger partial charge in [-0.15, -0.1) is 0 Å². The maximum absolute atomic E-state index is 4.26. The van der Waals surface area contributed by atoms with Crippen molar-refractivity contribution >= 4 is 5.82 Å². The highest BCUT2D eigenvalue weighted by Crippen LogP contribution is 2.16. The Kier molecular flexibility index (Phi) is 4.44. The van der Waals surface area contributed by atoms with Crippen LogP contribution in [-0.4, -0.2) is 11.0 Å². The molecule has 2 heteroatoms. The molecule has 0 bridgehead atoms. The third kappa shape index (κ3) is 3.02. The summed E-state index contributed by atoms with van der Waals surface area (Å²) in [6.45, 7) is 6.71. The number of pyridine rings is 1. The van der Waals surface area contributed by atoms with Crippen LogP contribution in [0, 0.1) is 5.92 Å². The lowest BCUT2D eigenvalue weighted by Gasteiger charge is -2.22. The highest BCUT2D eigenvalue weighted by Gasteiger charge is 2.12. The van der Waals surface area contributed by atoms with E-state index < -0.39 is 0 Å². The SMILES string of the molecule is CCC(CC)C(C)Nc1ccccn1. The normalized spacial score (nSPS) is 12.9. The Bertz CT molecular complexity index is 242. The molecule has 0 saturated heterocycles. The lowest BCUT2D eigenvalue weighted by atomic mass is 9.95. The highest BCUT2D eigenvalue weighted by molar-refractivity contribution is 5.34. The molecule has 0 spiro atoms. The molecule has 1 rings (SSSR count). The van der Waals surface area contributed by atoms with Gasteiger partial charge in [0.15, 0.2) is 0 Å². The second kappa shape index (κ2) is 5.63. The molecule has 2 nitrogen and oxygen atoms in total. The Morgan fingerprint density at radius 1 is 1.29 bits per heavy atom. The lowest BCUT2D eigenvalue weighted by molar-refractivity contribution is 0.437. The molecular weight excluding hydrogens is 172 g/mol. The number of anilines is 1. The molecule has 0 aromatic carbocycles. The minimum Gasteiger partial charge on any atom is -0.367 e. The van der Waals surface area contributed by atoms with E-state index in [-0.39, 0.29) is 0 Å². The van der Waals surface area contributed by atoms with Crippen molar-refractivity contribution in [1.82, 2.24) is 4.98 Å². The first-order valence-corrected chi connectivity index (χ1v) is 5.45. The average molecular weight is 192 g/mol. The van der Waals surface area contributed by atoms with Crippen molar-refractivity contribution in [2.75, 3.05) is 5.32 Å². The summed E-state index contributed by atoms with van der Waals surface area (Å²) in [5.41, 5.74) is 0. The van der Waals surface area contributed by atoms with Crippen LogP contribution in [0.5, 0.6) is 0 Å². The number of rotatable bonds is 5. The first-order chi connectivity index (χ1) is 6.77. The van der Waals surface area contributed by atoms with Gasteiger partial charge in [0, 0.05) is 12.2 Å². The highest BCUT2D eigenvalue weighted by atomic mass is 15.0. The molecule has 0 aliphatic carbocycles. The zero-order valence-corrected chi connectivity index (χ0v) is 9.33. The first kappa shape index (κ1) is 11.0. The van der Waals surface area contributed by atoms with Crippen LogP contribution in [0.15, 0.2) is 24.4 Å². The van der Waals surface area contributed by atoms with Crippen molar-refractivity contribution in [3.63, 3.8) is 0 Å². The van der Waals surface area contributed by atoms with E-state index in [1.165, 1.54) is 12.8 Å². The molecule has 0 amide bonds. The fourth-order valence-electron chi connectivity index (χ4n) is 1.80. The summed E-state index contributed by atoms with van der Waals surface area (Å²) < 4.78 is 0. The first-order valence-electron chi connectivity index (χ1n) is 5.45. The predicted molar refractivity (Wildman–Crippen MR) is 61.4 cm³/mol. The van der Waals surface area contributed by atoms with Crippen molar-refractivity contribution in [2.45, 2.75) is 39.7 Å². The van der Waals surface area contributed by atoms with E-state index in [0.717, 1.165) is 11.7 Å². The van der Waals surface area contributed by atoms with Gasteiger partial charge in [-0.2, -0.15) is 0 Å². The van der Waals surface area contributed by atoms with Crippen molar-refractivity contribution in [2.24, 2.45) is 5.92 Å². The summed E-state index contributed by atoms with van der Waals surface area (Å²) in [5, 5.41) is 3.43. The van der Waals surface area contributed by atoms with Gasteiger partial charge in [0.1, 0.15) is 5.82 Å². The molecular formula is C12H20N2. The summed E-state index contributed by atoms with van der Waals surface area (Å²) >= 11 is 0. The van der Waals surface area contributed by atoms with Gasteiger partial charge >= 0.3 is 0 Å². The number of hydrogen-bond donors (Lipinski definition) is 1. The molecule has 0 fully saturated rings. The van der Waals surface area contributed by atoms with Gasteiger partial charge in [-0.05, 0) is 25.0 Å². The Hall–Kier alpha value is -1.05. The maximum atomic E-state index is 4.26. The van der Waals surface area contributed by atoms with E-state index >= 15 is 0 Å². The molecule has 1 heterocycles. The molecule has 0 saturated carbocycles. The van der Waals surface area contributed by atoms with Gasteiger partial charge in [-0.25, -0.2) is 4.98 Å². The Morgan fingerprint density at radius 3 is 2.50 bits per heavy atom. The van der Waals surface area contributed by atoms with E-state index in [2.05, 4.69) is 31.1 Å². The van der Waals surface area contributed by atoms with Gasteiger partial charge in [0.2, 0.25) is 0 Å². The van der Waals surface area contributed by atoms with E-state index in [1.807, 2.05) is 24.4 Å². The smallest absolute Gasteiger partial charge is 0.126 e. The quantitative estimate of drug-likeness (QED) is 0.774. The molecule has 0 aliphatic rings. The van der Waals surface area contributed by atoms with Crippen LogP contribution in [0.4, 0.5) is 5.82 Å². The van der Waals surface area contributed by atoms with E-state index in [0.29, 0.717) is 6.04 Å². The van der Waals surface area contributed by atoms with Crippen molar-refractivity contribution in [1.29, 1.82) is 0 Å². The maximum Gasteiger partial charge on any atom is 0.126 e. The molecule has 1 N–H and O–H groups in total. The van der Waals surface area contributed by atoms with Crippen LogP contribution in [0.25, 0.3) is 0 Å². The Morgan fingerprint density at radius 2 is 2.00 bits per heavy atom. The van der Waals surface area contributed by atoms with E-state index in [4.69, 9.17) is 0 Å². The largest absolute Gasteiger partial charge is 0.367 e. The van der Waals surface area contributed by atoms with E-state index in [9.17, 15) is 0 Å². The standard InChI is InChI=1S/C12H20N2/c1-4-11(5-2)10(3)14-12-8-6-7-9-13-12/h6-11H,4-5H2,1-3H3,(H,13,14). The zero-order valence-electron chi connectivity index (χ0n) is 9.33. The molecule has 1 unspecified atom stereocenters. The van der Waals surface area contributed by atoms with Crippen LogP contribution in [0.3, 0.4) is 0 Å². The van der Waals surface area contributed by atoms with Crippen LogP contribution >= 0.6 is 0 Å². The number of nitrogens with one attached hydrogen (secondary N) is 1. The zero-order chi connectivity index (χ0) is 10.4. The third-order valence-corrected chi connectivity index (χ3v) is 2.80. The summed E-state index contributed by atoms with van der Waals surface area (Å²) in [6.07, 6.45) is 4.26. The molecule has 1 atom stereocenters. The fraction of sp³-hybridized carbons (Fsp3) is 0.583. The Labute approximate surface area is 86.8 Å². The lowest BCUT2D eigenvalue weighted by Crippen LogP contribution is -2.25. The van der Waals surface area contributed by atoms with Crippen molar-refractivity contribution < 1.29 is 0 Å². The van der Waals surface area contributed by atoms with Gasteiger partial charge in [-0.3, -0.25) is 0 Å². The van der Waals surface area contributed by atoms with Crippen LogP contribution < -0.4 is 5.32 Å². The summed E-state index contributed by atoms with van der Waals surface area (Å²) in [6, 6.07) is 6.46.